The first-order chi connectivity index (χ1) is 19.8. The van der Waals surface area contributed by atoms with Crippen LogP contribution in [0.15, 0.2) is 79.9 Å². The minimum absolute atomic E-state index is 0.0352. The van der Waals surface area contributed by atoms with Gasteiger partial charge in [-0.25, -0.2) is 0 Å². The van der Waals surface area contributed by atoms with Crippen LogP contribution in [0.1, 0.15) is 18.0 Å². The number of amides is 2. The van der Waals surface area contributed by atoms with Gasteiger partial charge in [-0.05, 0) is 36.2 Å². The summed E-state index contributed by atoms with van der Waals surface area (Å²) in [5.41, 5.74) is 1.33. The van der Waals surface area contributed by atoms with E-state index < -0.39 is 34.6 Å². The molecule has 8 nitrogen and oxygen atoms in total. The van der Waals surface area contributed by atoms with E-state index in [4.69, 9.17) is 9.47 Å². The number of likely N-dealkylation sites (tertiary alicyclic amines) is 1. The Balaban J connectivity index is 1.64. The van der Waals surface area contributed by atoms with Gasteiger partial charge in [0.05, 0.1) is 36.3 Å². The standard InChI is InChI=1S/C31H33BrN2O6S/c1-4-15-33(20-11-13-21(39-3)14-12-20)29(37)27-31-17-22(32)26(41-31)24(30(38)40-16-5-2)25(31)28(36)34(27)23(18-35)19-9-7-6-8-10-19/h4-14,22-27,35H,1-2,15-18H2,3H3/t22?,23-,24-,25+,26-,27?,31?/m1/s1. The summed E-state index contributed by atoms with van der Waals surface area (Å²) in [4.78, 5) is 45.7. The fourth-order valence-electron chi connectivity index (χ4n) is 6.58. The molecule has 0 radical (unpaired) electrons. The number of hydrogen-bond donors (Lipinski definition) is 1. The first-order valence-electron chi connectivity index (χ1n) is 13.5. The van der Waals surface area contributed by atoms with Gasteiger partial charge in [-0.15, -0.1) is 18.3 Å². The number of anilines is 1. The minimum Gasteiger partial charge on any atom is -0.497 e. The molecule has 7 atom stereocenters. The van der Waals surface area contributed by atoms with E-state index in [9.17, 15) is 19.5 Å². The van der Waals surface area contributed by atoms with Crippen LogP contribution in [0, 0.1) is 11.8 Å². The molecular formula is C31H33BrN2O6S. The summed E-state index contributed by atoms with van der Waals surface area (Å²) in [5.74, 6) is -1.97. The summed E-state index contributed by atoms with van der Waals surface area (Å²) in [6, 6.07) is 14.6. The third-order valence-electron chi connectivity index (χ3n) is 8.23. The monoisotopic (exact) mass is 640 g/mol. The summed E-state index contributed by atoms with van der Waals surface area (Å²) in [5, 5.41) is 10.4. The first-order valence-corrected chi connectivity index (χ1v) is 15.3. The molecule has 3 heterocycles. The Morgan fingerprint density at radius 1 is 1.20 bits per heavy atom. The lowest BCUT2D eigenvalue weighted by Gasteiger charge is -2.40. The van der Waals surface area contributed by atoms with Crippen LogP contribution in [0.25, 0.3) is 0 Å². The zero-order valence-corrected chi connectivity index (χ0v) is 25.1. The molecule has 3 saturated heterocycles. The number of thioether (sulfide) groups is 1. The molecule has 0 saturated carbocycles. The van der Waals surface area contributed by atoms with Gasteiger partial charge >= 0.3 is 5.97 Å². The highest BCUT2D eigenvalue weighted by Crippen LogP contribution is 2.68. The number of fused-ring (bicyclic) bond motifs is 1. The molecule has 10 heteroatoms. The van der Waals surface area contributed by atoms with Crippen LogP contribution in [0.5, 0.6) is 5.75 Å². The van der Waals surface area contributed by atoms with Crippen molar-refractivity contribution in [3.05, 3.63) is 85.5 Å². The van der Waals surface area contributed by atoms with Crippen LogP contribution in [-0.4, -0.2) is 75.5 Å². The van der Waals surface area contributed by atoms with E-state index >= 15 is 0 Å². The number of aliphatic hydroxyl groups is 1. The van der Waals surface area contributed by atoms with E-state index in [1.165, 1.54) is 22.7 Å². The number of carbonyl (C=O) groups is 3. The van der Waals surface area contributed by atoms with E-state index in [-0.39, 0.29) is 41.6 Å². The summed E-state index contributed by atoms with van der Waals surface area (Å²) in [6.45, 7) is 7.36. The van der Waals surface area contributed by atoms with Gasteiger partial charge in [-0.2, -0.15) is 0 Å². The predicted octanol–water partition coefficient (Wildman–Crippen LogP) is 4.14. The lowest BCUT2D eigenvalue weighted by molar-refractivity contribution is -0.153. The molecule has 5 rings (SSSR count). The number of methoxy groups -OCH3 is 1. The van der Waals surface area contributed by atoms with Crippen molar-refractivity contribution in [2.75, 3.05) is 31.8 Å². The largest absolute Gasteiger partial charge is 0.497 e. The summed E-state index contributed by atoms with van der Waals surface area (Å²) < 4.78 is 9.88. The molecule has 216 valence electrons. The molecule has 3 unspecified atom stereocenters. The molecule has 0 aromatic heterocycles. The number of carbonyl (C=O) groups excluding carboxylic acids is 3. The molecule has 0 aliphatic carbocycles. The third-order valence-corrected chi connectivity index (χ3v) is 11.5. The maximum absolute atomic E-state index is 14.8. The van der Waals surface area contributed by atoms with Crippen molar-refractivity contribution < 1.29 is 29.0 Å². The van der Waals surface area contributed by atoms with Crippen LogP contribution in [-0.2, 0) is 19.1 Å². The summed E-state index contributed by atoms with van der Waals surface area (Å²) in [6.07, 6.45) is 3.64. The quantitative estimate of drug-likeness (QED) is 0.224. The van der Waals surface area contributed by atoms with Crippen molar-refractivity contribution in [2.24, 2.45) is 11.8 Å². The van der Waals surface area contributed by atoms with Gasteiger partial charge in [0, 0.05) is 22.3 Å². The second-order valence-electron chi connectivity index (χ2n) is 10.4. The topological polar surface area (TPSA) is 96.4 Å². The zero-order valence-electron chi connectivity index (χ0n) is 22.7. The molecule has 3 aliphatic heterocycles. The number of nitrogens with zero attached hydrogens (tertiary/aromatic N) is 2. The van der Waals surface area contributed by atoms with Crippen molar-refractivity contribution >= 4 is 51.2 Å². The number of benzene rings is 2. The molecule has 1 N–H and O–H groups in total. The molecule has 2 amide bonds. The van der Waals surface area contributed by atoms with E-state index in [0.29, 0.717) is 23.4 Å². The van der Waals surface area contributed by atoms with E-state index in [0.717, 1.165) is 0 Å². The van der Waals surface area contributed by atoms with Crippen LogP contribution >= 0.6 is 27.7 Å². The van der Waals surface area contributed by atoms with E-state index in [2.05, 4.69) is 29.1 Å². The predicted molar refractivity (Wildman–Crippen MR) is 162 cm³/mol. The number of alkyl halides is 1. The van der Waals surface area contributed by atoms with Crippen molar-refractivity contribution in [1.29, 1.82) is 0 Å². The normalized spacial score (nSPS) is 28.6. The van der Waals surface area contributed by atoms with E-state index in [1.807, 2.05) is 30.3 Å². The van der Waals surface area contributed by atoms with Gasteiger partial charge in [0.1, 0.15) is 18.4 Å². The number of hydrogen-bond acceptors (Lipinski definition) is 7. The minimum atomic E-state index is -0.952. The Kier molecular flexibility index (Phi) is 8.63. The average Bonchev–Trinajstić information content (AvgIpc) is 3.59. The highest BCUT2D eigenvalue weighted by atomic mass is 79.9. The Labute approximate surface area is 252 Å². The lowest BCUT2D eigenvalue weighted by Crippen LogP contribution is -2.56. The van der Waals surface area contributed by atoms with Crippen molar-refractivity contribution in [2.45, 2.75) is 33.3 Å². The third kappa shape index (κ3) is 4.89. The second-order valence-corrected chi connectivity index (χ2v) is 13.1. The summed E-state index contributed by atoms with van der Waals surface area (Å²) >= 11 is 5.29. The molecular weight excluding hydrogens is 608 g/mol. The van der Waals surface area contributed by atoms with Crippen molar-refractivity contribution in [3.8, 4) is 5.75 Å². The molecule has 3 aliphatic rings. The lowest BCUT2D eigenvalue weighted by atomic mass is 9.71. The summed E-state index contributed by atoms with van der Waals surface area (Å²) in [7, 11) is 1.57. The molecule has 1 spiro atoms. The van der Waals surface area contributed by atoms with Gasteiger partial charge < -0.3 is 24.4 Å². The smallest absolute Gasteiger partial charge is 0.311 e. The Morgan fingerprint density at radius 3 is 2.51 bits per heavy atom. The zero-order chi connectivity index (χ0) is 29.3. The highest BCUT2D eigenvalue weighted by Gasteiger charge is 2.76. The van der Waals surface area contributed by atoms with Crippen molar-refractivity contribution in [3.63, 3.8) is 0 Å². The van der Waals surface area contributed by atoms with Crippen LogP contribution < -0.4 is 9.64 Å². The van der Waals surface area contributed by atoms with Gasteiger partial charge in [-0.3, -0.25) is 14.4 Å². The average molecular weight is 642 g/mol. The number of aliphatic hydroxyl groups excluding tert-OH is 1. The van der Waals surface area contributed by atoms with E-state index in [1.54, 1.807) is 42.4 Å². The fourth-order valence-corrected chi connectivity index (χ4v) is 10.2. The number of halogens is 1. The van der Waals surface area contributed by atoms with Gasteiger partial charge in [0.2, 0.25) is 5.91 Å². The molecule has 2 bridgehead atoms. The molecule has 2 aromatic carbocycles. The maximum atomic E-state index is 14.8. The Bertz CT molecular complexity index is 1320. The molecule has 41 heavy (non-hydrogen) atoms. The number of rotatable bonds is 11. The Morgan fingerprint density at radius 2 is 1.90 bits per heavy atom. The molecule has 3 fully saturated rings. The van der Waals surface area contributed by atoms with Gasteiger partial charge in [0.15, 0.2) is 0 Å². The number of esters is 1. The maximum Gasteiger partial charge on any atom is 0.311 e. The van der Waals surface area contributed by atoms with Crippen molar-refractivity contribution in [1.82, 2.24) is 4.90 Å². The number of ether oxygens (including phenoxy) is 2. The first kappa shape index (κ1) is 29.4. The molecule has 2 aromatic rings. The van der Waals surface area contributed by atoms with Gasteiger partial charge in [0.25, 0.3) is 5.91 Å². The van der Waals surface area contributed by atoms with Gasteiger partial charge in [-0.1, -0.05) is 65.0 Å². The highest BCUT2D eigenvalue weighted by molar-refractivity contribution is 9.09. The van der Waals surface area contributed by atoms with Crippen LogP contribution in [0.4, 0.5) is 5.69 Å². The SMILES string of the molecule is C=CCOC(=O)[C@H]1[C@@H]2SC3(CC2Br)C(C(=O)N(CC=C)c2ccc(OC)cc2)N([C@H](CO)c2ccccc2)C(=O)[C@H]13. The second kappa shape index (κ2) is 12.0. The van der Waals surface area contributed by atoms with Crippen LogP contribution in [0.2, 0.25) is 0 Å². The van der Waals surface area contributed by atoms with Crippen LogP contribution in [0.3, 0.4) is 0 Å². The fraction of sp³-hybridized carbons (Fsp3) is 0.387. The Hall–Kier alpha value is -3.08.